The molecule has 1 amide bonds. The first kappa shape index (κ1) is 21.8. The highest BCUT2D eigenvalue weighted by Crippen LogP contribution is 2.36. The van der Waals surface area contributed by atoms with Crippen molar-refractivity contribution in [3.63, 3.8) is 0 Å². The number of amides is 1. The summed E-state index contributed by atoms with van der Waals surface area (Å²) in [6, 6.07) is 11.6. The molecule has 31 heavy (non-hydrogen) atoms. The van der Waals surface area contributed by atoms with Crippen molar-refractivity contribution < 1.29 is 4.79 Å². The van der Waals surface area contributed by atoms with Crippen LogP contribution in [0.4, 0.5) is 5.00 Å². The van der Waals surface area contributed by atoms with Gasteiger partial charge in [-0.15, -0.1) is 11.3 Å². The first-order valence-electron chi connectivity index (χ1n) is 9.70. The summed E-state index contributed by atoms with van der Waals surface area (Å²) < 4.78 is 0. The first-order valence-corrected chi connectivity index (χ1v) is 11.9. The first-order chi connectivity index (χ1) is 14.9. The van der Waals surface area contributed by atoms with E-state index in [2.05, 4.69) is 33.3 Å². The largest absolute Gasteiger partial charge is 0.316 e. The smallest absolute Gasteiger partial charge is 0.235 e. The van der Waals surface area contributed by atoms with Gasteiger partial charge in [0.2, 0.25) is 5.91 Å². The Bertz CT molecular complexity index is 1170. The van der Waals surface area contributed by atoms with Gasteiger partial charge in [-0.2, -0.15) is 5.26 Å². The van der Waals surface area contributed by atoms with Crippen molar-refractivity contribution in [3.05, 3.63) is 57.1 Å². The molecule has 3 aromatic rings. The van der Waals surface area contributed by atoms with Crippen LogP contribution in [0.1, 0.15) is 21.7 Å². The molecule has 6 nitrogen and oxygen atoms in total. The molecule has 9 heteroatoms. The molecular weight excluding hydrogens is 450 g/mol. The lowest BCUT2D eigenvalue weighted by Crippen LogP contribution is -2.25. The van der Waals surface area contributed by atoms with E-state index < -0.39 is 0 Å². The third-order valence-electron chi connectivity index (χ3n) is 4.92. The highest BCUT2D eigenvalue weighted by atomic mass is 35.5. The molecule has 0 fully saturated rings. The van der Waals surface area contributed by atoms with Crippen LogP contribution in [0.15, 0.2) is 35.5 Å². The van der Waals surface area contributed by atoms with Gasteiger partial charge in [-0.1, -0.05) is 35.5 Å². The van der Waals surface area contributed by atoms with Crippen LogP contribution in [-0.4, -0.2) is 40.1 Å². The van der Waals surface area contributed by atoms with Crippen LogP contribution >= 0.6 is 34.7 Å². The summed E-state index contributed by atoms with van der Waals surface area (Å²) in [5.41, 5.74) is 4.22. The zero-order chi connectivity index (χ0) is 22.0. The number of anilines is 1. The molecule has 1 N–H and O–H groups in total. The average Bonchev–Trinajstić information content (AvgIpc) is 3.08. The molecule has 0 spiro atoms. The second kappa shape index (κ2) is 9.37. The zero-order valence-corrected chi connectivity index (χ0v) is 19.5. The summed E-state index contributed by atoms with van der Waals surface area (Å²) in [6.07, 6.45) is 0.834. The summed E-state index contributed by atoms with van der Waals surface area (Å²) in [6.45, 7) is 3.63. The maximum atomic E-state index is 12.6. The average molecular weight is 470 g/mol. The standard InChI is InChI=1S/C22H20ClN5OS2/c1-13-9-18(14-3-5-15(23)6-4-14)26-22(25-13)30-12-20(29)27-21-17(10-24)16-7-8-28(2)11-19(16)31-21/h3-6,9H,7-8,11-12H2,1-2H3,(H,27,29). The number of benzene rings is 1. The van der Waals surface area contributed by atoms with Gasteiger partial charge in [-0.25, -0.2) is 9.97 Å². The molecule has 1 aliphatic heterocycles. The summed E-state index contributed by atoms with van der Waals surface area (Å²) in [5.74, 6) is -0.0109. The van der Waals surface area contributed by atoms with Gasteiger partial charge in [-0.05, 0) is 44.2 Å². The molecule has 0 saturated heterocycles. The second-order valence-corrected chi connectivity index (χ2v) is 9.81. The molecule has 0 saturated carbocycles. The Morgan fingerprint density at radius 2 is 2.13 bits per heavy atom. The van der Waals surface area contributed by atoms with E-state index in [-0.39, 0.29) is 11.7 Å². The molecule has 4 rings (SSSR count). The van der Waals surface area contributed by atoms with E-state index in [4.69, 9.17) is 11.6 Å². The van der Waals surface area contributed by atoms with E-state index in [1.165, 1.54) is 23.1 Å². The van der Waals surface area contributed by atoms with Crippen LogP contribution in [0, 0.1) is 18.3 Å². The van der Waals surface area contributed by atoms with Crippen LogP contribution in [0.5, 0.6) is 0 Å². The normalized spacial score (nSPS) is 13.5. The van der Waals surface area contributed by atoms with Crippen molar-refractivity contribution in [3.8, 4) is 17.3 Å². The summed E-state index contributed by atoms with van der Waals surface area (Å²) in [7, 11) is 2.06. The number of carbonyl (C=O) groups is 1. The SMILES string of the molecule is Cc1cc(-c2ccc(Cl)cc2)nc(SCC(=O)Nc2sc3c(c2C#N)CCN(C)C3)n1. The number of nitrogens with one attached hydrogen (secondary N) is 1. The molecule has 158 valence electrons. The third kappa shape index (κ3) is 5.08. The van der Waals surface area contributed by atoms with Crippen LogP contribution in [0.2, 0.25) is 5.02 Å². The molecule has 2 aromatic heterocycles. The molecule has 0 aliphatic carbocycles. The number of thioether (sulfide) groups is 1. The van der Waals surface area contributed by atoms with E-state index in [0.29, 0.717) is 20.7 Å². The molecule has 0 atom stereocenters. The Morgan fingerprint density at radius 1 is 1.35 bits per heavy atom. The highest BCUT2D eigenvalue weighted by molar-refractivity contribution is 7.99. The molecule has 3 heterocycles. The fourth-order valence-electron chi connectivity index (χ4n) is 3.40. The summed E-state index contributed by atoms with van der Waals surface area (Å²) in [4.78, 5) is 25.0. The maximum absolute atomic E-state index is 12.6. The number of thiophene rings is 1. The Balaban J connectivity index is 1.45. The topological polar surface area (TPSA) is 81.9 Å². The Labute approximate surface area is 194 Å². The van der Waals surface area contributed by atoms with E-state index in [0.717, 1.165) is 46.9 Å². The zero-order valence-electron chi connectivity index (χ0n) is 17.1. The molecule has 0 unspecified atom stereocenters. The van der Waals surface area contributed by atoms with Gasteiger partial charge >= 0.3 is 0 Å². The van der Waals surface area contributed by atoms with Crippen molar-refractivity contribution in [2.45, 2.75) is 25.0 Å². The number of carbonyl (C=O) groups excluding carboxylic acids is 1. The van der Waals surface area contributed by atoms with E-state index in [1.807, 2.05) is 37.3 Å². The number of nitrogens with zero attached hydrogens (tertiary/aromatic N) is 4. The van der Waals surface area contributed by atoms with Crippen LogP contribution in [-0.2, 0) is 17.8 Å². The van der Waals surface area contributed by atoms with Gasteiger partial charge in [-0.3, -0.25) is 4.79 Å². The number of hydrogen-bond donors (Lipinski definition) is 1. The molecule has 0 radical (unpaired) electrons. The quantitative estimate of drug-likeness (QED) is 0.428. The number of likely N-dealkylation sites (N-methyl/N-ethyl adjacent to an activating group) is 1. The van der Waals surface area contributed by atoms with Crippen LogP contribution in [0.25, 0.3) is 11.3 Å². The molecule has 1 aliphatic rings. The fourth-order valence-corrected chi connectivity index (χ4v) is 5.53. The molecular formula is C22H20ClN5OS2. The maximum Gasteiger partial charge on any atom is 0.235 e. The number of nitriles is 1. The van der Waals surface area contributed by atoms with Crippen LogP contribution < -0.4 is 5.32 Å². The van der Waals surface area contributed by atoms with Gasteiger partial charge in [0.15, 0.2) is 5.16 Å². The Morgan fingerprint density at radius 3 is 2.87 bits per heavy atom. The van der Waals surface area contributed by atoms with Gasteiger partial charge in [0.1, 0.15) is 11.1 Å². The van der Waals surface area contributed by atoms with Crippen molar-refractivity contribution in [1.29, 1.82) is 5.26 Å². The Hall–Kier alpha value is -2.44. The number of halogens is 1. The van der Waals surface area contributed by atoms with E-state index in [1.54, 1.807) is 0 Å². The minimum atomic E-state index is -0.174. The van der Waals surface area contributed by atoms with Gasteiger partial charge < -0.3 is 10.2 Å². The van der Waals surface area contributed by atoms with Crippen molar-refractivity contribution >= 4 is 45.6 Å². The van der Waals surface area contributed by atoms with Crippen molar-refractivity contribution in [2.24, 2.45) is 0 Å². The third-order valence-corrected chi connectivity index (χ3v) is 7.15. The fraction of sp³-hybridized carbons (Fsp3) is 0.273. The van der Waals surface area contributed by atoms with Gasteiger partial charge in [0, 0.05) is 34.2 Å². The monoisotopic (exact) mass is 469 g/mol. The predicted molar refractivity (Wildman–Crippen MR) is 126 cm³/mol. The lowest BCUT2D eigenvalue weighted by atomic mass is 10.0. The van der Waals surface area contributed by atoms with Crippen LogP contribution in [0.3, 0.4) is 0 Å². The lowest BCUT2D eigenvalue weighted by Gasteiger charge is -2.21. The Kier molecular flexibility index (Phi) is 6.58. The van der Waals surface area contributed by atoms with Crippen molar-refractivity contribution in [2.75, 3.05) is 24.7 Å². The second-order valence-electron chi connectivity index (χ2n) is 7.33. The highest BCUT2D eigenvalue weighted by Gasteiger charge is 2.23. The lowest BCUT2D eigenvalue weighted by molar-refractivity contribution is -0.113. The number of rotatable bonds is 5. The van der Waals surface area contributed by atoms with E-state index in [9.17, 15) is 10.1 Å². The molecule has 0 bridgehead atoms. The van der Waals surface area contributed by atoms with Crippen molar-refractivity contribution in [1.82, 2.24) is 14.9 Å². The summed E-state index contributed by atoms with van der Waals surface area (Å²) >= 11 is 8.74. The number of aromatic nitrogens is 2. The number of aryl methyl sites for hydroxylation is 1. The van der Waals surface area contributed by atoms with Gasteiger partial charge in [0.25, 0.3) is 0 Å². The minimum Gasteiger partial charge on any atom is -0.316 e. The minimum absolute atomic E-state index is 0.164. The predicted octanol–water partition coefficient (Wildman–Crippen LogP) is 4.76. The van der Waals surface area contributed by atoms with Gasteiger partial charge in [0.05, 0.1) is 17.0 Å². The number of hydrogen-bond acceptors (Lipinski definition) is 7. The number of fused-ring (bicyclic) bond motifs is 1. The van der Waals surface area contributed by atoms with E-state index >= 15 is 0 Å². The molecule has 1 aromatic carbocycles. The summed E-state index contributed by atoms with van der Waals surface area (Å²) in [5, 5.41) is 14.4.